The Morgan fingerprint density at radius 2 is 1.22 bits per heavy atom. The van der Waals surface area contributed by atoms with Crippen LogP contribution in [0, 0.1) is 13.8 Å². The Labute approximate surface area is 587 Å². The highest BCUT2D eigenvalue weighted by Crippen LogP contribution is 2.36. The molecular formula is C65H95N13O21S2. The largest absolute Gasteiger partial charge is 0.494 e. The molecule has 0 spiro atoms. The van der Waals surface area contributed by atoms with Crippen molar-refractivity contribution in [2.24, 2.45) is 7.05 Å². The van der Waals surface area contributed by atoms with Gasteiger partial charge >= 0.3 is 17.9 Å². The lowest BCUT2D eigenvalue weighted by Crippen LogP contribution is -2.52. The minimum atomic E-state index is -4.48. The number of likely N-dealkylation sites (N-methyl/N-ethyl adjacent to an activating group) is 1. The second kappa shape index (κ2) is 41.5. The van der Waals surface area contributed by atoms with E-state index in [1.807, 2.05) is 11.8 Å². The number of ether oxygens (including phenoxy) is 4. The van der Waals surface area contributed by atoms with Crippen LogP contribution in [0.3, 0.4) is 0 Å². The average Bonchev–Trinajstić information content (AvgIpc) is 1.03. The van der Waals surface area contributed by atoms with Crippen molar-refractivity contribution in [3.63, 3.8) is 0 Å². The molecule has 558 valence electrons. The van der Waals surface area contributed by atoms with Crippen LogP contribution in [0.4, 0.5) is 5.95 Å². The number of aryl methyl sites for hydroxylation is 3. The van der Waals surface area contributed by atoms with Gasteiger partial charge in [-0.3, -0.25) is 66.7 Å². The quantitative estimate of drug-likeness (QED) is 0.0246. The van der Waals surface area contributed by atoms with Crippen LogP contribution in [0.1, 0.15) is 65.2 Å². The lowest BCUT2D eigenvalue weighted by atomic mass is 10.0. The first-order valence-corrected chi connectivity index (χ1v) is 35.9. The summed E-state index contributed by atoms with van der Waals surface area (Å²) >= 11 is -4.29. The normalized spacial score (nSPS) is 14.8. The molecule has 4 amide bonds. The fourth-order valence-corrected chi connectivity index (χ4v) is 12.9. The highest BCUT2D eigenvalue weighted by molar-refractivity contribution is 8.15. The van der Waals surface area contributed by atoms with E-state index in [0.717, 1.165) is 5.56 Å². The van der Waals surface area contributed by atoms with Crippen molar-refractivity contribution in [3.05, 3.63) is 111 Å². The van der Waals surface area contributed by atoms with Gasteiger partial charge in [-0.05, 0) is 98.3 Å². The van der Waals surface area contributed by atoms with Crippen LogP contribution in [0.15, 0.2) is 82.9 Å². The Morgan fingerprint density at radius 1 is 0.653 bits per heavy atom. The van der Waals surface area contributed by atoms with Gasteiger partial charge in [0.1, 0.15) is 29.1 Å². The highest BCUT2D eigenvalue weighted by atomic mass is 32.3. The van der Waals surface area contributed by atoms with Crippen LogP contribution in [0.5, 0.6) is 11.5 Å². The van der Waals surface area contributed by atoms with Crippen molar-refractivity contribution in [2.75, 3.05) is 150 Å². The number of carbonyl (C=O) groups is 7. The molecule has 1 aliphatic heterocycles. The maximum absolute atomic E-state index is 13.8. The summed E-state index contributed by atoms with van der Waals surface area (Å²) in [7, 11) is -2.83. The van der Waals surface area contributed by atoms with Gasteiger partial charge in [-0.15, -0.1) is 0 Å². The van der Waals surface area contributed by atoms with Gasteiger partial charge in [0.2, 0.25) is 33.2 Å². The van der Waals surface area contributed by atoms with E-state index in [2.05, 4.69) is 46.2 Å². The number of carboxylic acid groups (broad SMARTS) is 3. The van der Waals surface area contributed by atoms with E-state index in [1.165, 1.54) is 44.3 Å². The predicted octanol–water partition coefficient (Wildman–Crippen LogP) is 1.53. The number of nitrogens with zero attached hydrogens (tertiary/aromatic N) is 6. The Balaban J connectivity index is 0.831. The number of nitrogens with one attached hydrogen (secondary N) is 7. The van der Waals surface area contributed by atoms with Gasteiger partial charge in [0.05, 0.1) is 63.1 Å². The van der Waals surface area contributed by atoms with E-state index >= 15 is 0 Å². The molecule has 3 aromatic carbocycles. The molecule has 1 fully saturated rings. The molecule has 5 aromatic rings. The first-order valence-electron chi connectivity index (χ1n) is 33.0. The molecule has 0 saturated carbocycles. The molecule has 6 rings (SSSR count). The van der Waals surface area contributed by atoms with Gasteiger partial charge in [0.15, 0.2) is 5.95 Å². The van der Waals surface area contributed by atoms with Crippen LogP contribution in [0.2, 0.25) is 0 Å². The van der Waals surface area contributed by atoms with Gasteiger partial charge in [-0.25, -0.2) is 13.4 Å². The number of carboxylic acids is 3. The number of rotatable bonds is 42. The number of hydrogen-bond acceptors (Lipinski definition) is 24. The van der Waals surface area contributed by atoms with Gasteiger partial charge in [0, 0.05) is 136 Å². The minimum Gasteiger partial charge on any atom is -0.494 e. The maximum atomic E-state index is 13.8. The third-order valence-electron chi connectivity index (χ3n) is 16.0. The summed E-state index contributed by atoms with van der Waals surface area (Å²) in [5.41, 5.74) is 1.61. The summed E-state index contributed by atoms with van der Waals surface area (Å²) < 4.78 is 86.6. The number of aliphatic carboxylic acids is 3. The predicted molar refractivity (Wildman–Crippen MR) is 372 cm³/mol. The summed E-state index contributed by atoms with van der Waals surface area (Å²) in [5.74, 6) is -4.77. The molecule has 0 aliphatic carbocycles. The van der Waals surface area contributed by atoms with E-state index in [-0.39, 0.29) is 111 Å². The number of anilines is 1. The molecule has 1 aliphatic rings. The van der Waals surface area contributed by atoms with Crippen molar-refractivity contribution in [2.45, 2.75) is 76.4 Å². The van der Waals surface area contributed by atoms with Gasteiger partial charge in [-0.2, -0.15) is 4.72 Å². The zero-order chi connectivity index (χ0) is 73.5. The molecule has 34 nitrogen and oxygen atoms in total. The number of sulfonamides is 1. The average molecular weight is 1460 g/mol. The van der Waals surface area contributed by atoms with E-state index in [0.29, 0.717) is 127 Å². The first kappa shape index (κ1) is 81.6. The third kappa shape index (κ3) is 29.3. The number of fused-ring (bicyclic) bond motifs is 1. The molecule has 101 heavy (non-hydrogen) atoms. The van der Waals surface area contributed by atoms with Crippen molar-refractivity contribution in [1.82, 2.24) is 60.1 Å². The Morgan fingerprint density at radius 3 is 1.77 bits per heavy atom. The lowest BCUT2D eigenvalue weighted by molar-refractivity contribution is -0.140. The molecular weight excluding hydrogens is 1360 g/mol. The molecule has 36 heteroatoms. The van der Waals surface area contributed by atoms with Crippen LogP contribution in [-0.4, -0.2) is 270 Å². The molecule has 2 aromatic heterocycles. The molecule has 13 N–H and O–H groups in total. The fourth-order valence-electron chi connectivity index (χ4n) is 10.9. The molecule has 0 unspecified atom stereocenters. The topological polar surface area (TPSA) is 457 Å². The van der Waals surface area contributed by atoms with Crippen molar-refractivity contribution in [3.8, 4) is 11.5 Å². The summed E-state index contributed by atoms with van der Waals surface area (Å²) in [6.07, 6.45) is 6.10. The standard InChI is InChI=1S/C65H95N13O21S2/c1-5-75-20-22-76(24-25-78(44-59(83)84)27-26-77(23-21-75)43-58(81)82)42-57(80)72-53(37-47-10-13-49(14-11-47)99-101(92,93)94)63(87)67-17-8-29-96-32-34-97-33-31-95-28-7-16-66-56(79)9-6-30-98-50-35-45(2)61(46(3)36-50)100(90,91)73-54(64(88)89)40-70-62(86)52-41-74(4)55-38-48(12-15-51(55)60(52)85)39-71-65-68-18-19-69-65/h10-15,18-19,35-36,38,41,53-54,73,92-94H,5-9,16-17,20-34,37,39-40,42-44H2,1-4H3,(H,66,79)(H,67,87)(H,70,86)(H,72,80)(H,81,82)(H,83,84)(H,88,89)(H2,68,69,71)/t53-,54+/m1/s1. The summed E-state index contributed by atoms with van der Waals surface area (Å²) in [6, 6.07) is 11.0. The number of benzene rings is 3. The van der Waals surface area contributed by atoms with E-state index in [4.69, 9.17) is 23.1 Å². The highest BCUT2D eigenvalue weighted by Gasteiger charge is 2.30. The van der Waals surface area contributed by atoms with Gasteiger partial charge in [0.25, 0.3) is 17.1 Å². The Bertz CT molecular complexity index is 3670. The van der Waals surface area contributed by atoms with Gasteiger partial charge in [-0.1, -0.05) is 25.1 Å². The first-order chi connectivity index (χ1) is 48.2. The molecule has 2 atom stereocenters. The van der Waals surface area contributed by atoms with E-state index in [9.17, 15) is 75.8 Å². The molecule has 0 radical (unpaired) electrons. The minimum absolute atomic E-state index is 0.0270. The number of amides is 4. The SMILES string of the molecule is CCN1CCN(CC(=O)O)CCN(CC(=O)O)CCN(CC(=O)N[C@H](Cc2ccc(OS(O)(O)O)cc2)C(=O)NCCCOCCOCCOCCCNC(=O)CCCOc2cc(C)c(S(=O)(=O)N[C@@H](CNC(=O)c3cn(C)c4cc(CNc5ncc[nH]5)ccc4c3=O)C(=O)O)c(C)c2)CC1. The summed E-state index contributed by atoms with van der Waals surface area (Å²) in [6.45, 7) is 10.5. The molecule has 1 saturated heterocycles. The maximum Gasteiger partial charge on any atom is 0.323 e. The van der Waals surface area contributed by atoms with Crippen LogP contribution < -0.4 is 45.7 Å². The third-order valence-corrected chi connectivity index (χ3v) is 18.2. The Kier molecular flexibility index (Phi) is 33.5. The second-order valence-corrected chi connectivity index (χ2v) is 26.7. The van der Waals surface area contributed by atoms with E-state index < -0.39 is 80.9 Å². The second-order valence-electron chi connectivity index (χ2n) is 23.9. The van der Waals surface area contributed by atoms with Crippen molar-refractivity contribution >= 4 is 79.6 Å². The molecule has 3 heterocycles. The number of H-pyrrole nitrogens is 1. The zero-order valence-corrected chi connectivity index (χ0v) is 58.8. The smallest absolute Gasteiger partial charge is 0.323 e. The number of aromatic amines is 1. The monoisotopic (exact) mass is 1460 g/mol. The van der Waals surface area contributed by atoms with Crippen molar-refractivity contribution in [1.29, 1.82) is 0 Å². The van der Waals surface area contributed by atoms with Crippen molar-refractivity contribution < 1.29 is 94.1 Å². The molecule has 0 bridgehead atoms. The summed E-state index contributed by atoms with van der Waals surface area (Å²) in [5, 5.41) is 43.4. The fraction of sp³-hybridized carbons (Fsp3) is 0.523. The lowest BCUT2D eigenvalue weighted by Gasteiger charge is -2.33. The number of pyridine rings is 1. The van der Waals surface area contributed by atoms with Gasteiger partial charge < -0.3 is 79.5 Å². The van der Waals surface area contributed by atoms with Crippen LogP contribution in [0.25, 0.3) is 10.9 Å². The zero-order valence-electron chi connectivity index (χ0n) is 57.2. The number of hydrogen-bond donors (Lipinski definition) is 13. The Hall–Kier alpha value is -8.37. The van der Waals surface area contributed by atoms with E-state index in [1.54, 1.807) is 64.1 Å². The number of imidazole rings is 1. The number of carbonyl (C=O) groups excluding carboxylic acids is 4. The summed E-state index contributed by atoms with van der Waals surface area (Å²) in [4.78, 5) is 117. The van der Waals surface area contributed by atoms with Crippen LogP contribution in [-0.2, 0) is 73.0 Å². The number of aromatic nitrogens is 3. The van der Waals surface area contributed by atoms with Crippen LogP contribution >= 0.6 is 11.2 Å².